The molecule has 114 valence electrons. The van der Waals surface area contributed by atoms with Crippen molar-refractivity contribution in [2.75, 3.05) is 19.7 Å². The monoisotopic (exact) mass is 318 g/mol. The standard InChI is InChI=1S/C14H14N4O3S/c15-13(19)9-1-2-10(16-5-9)12-6-18(3-4-21-12)14(20)11-7-22-8-17-11/h1-2,5,7-8,12H,3-4,6H2,(H2,15,19)/t12-/m1/s1. The first kappa shape index (κ1) is 14.6. The Morgan fingerprint density at radius 3 is 2.86 bits per heavy atom. The first-order valence-corrected chi connectivity index (χ1v) is 7.64. The molecule has 1 atom stereocenters. The zero-order chi connectivity index (χ0) is 15.5. The van der Waals surface area contributed by atoms with Gasteiger partial charge in [-0.1, -0.05) is 0 Å². The third-order valence-electron chi connectivity index (χ3n) is 3.41. The minimum Gasteiger partial charge on any atom is -0.368 e. The quantitative estimate of drug-likeness (QED) is 0.904. The molecule has 0 aromatic carbocycles. The van der Waals surface area contributed by atoms with E-state index in [0.717, 1.165) is 0 Å². The van der Waals surface area contributed by atoms with Crippen molar-refractivity contribution >= 4 is 23.2 Å². The number of amides is 2. The molecule has 3 rings (SSSR count). The van der Waals surface area contributed by atoms with Crippen molar-refractivity contribution in [1.29, 1.82) is 0 Å². The lowest BCUT2D eigenvalue weighted by atomic mass is 10.1. The van der Waals surface area contributed by atoms with Crippen LogP contribution >= 0.6 is 11.3 Å². The van der Waals surface area contributed by atoms with Gasteiger partial charge < -0.3 is 15.4 Å². The Morgan fingerprint density at radius 2 is 2.23 bits per heavy atom. The maximum absolute atomic E-state index is 12.3. The Morgan fingerprint density at radius 1 is 1.36 bits per heavy atom. The average Bonchev–Trinajstić information content (AvgIpc) is 3.09. The van der Waals surface area contributed by atoms with E-state index in [1.54, 1.807) is 27.9 Å². The molecule has 1 aliphatic heterocycles. The largest absolute Gasteiger partial charge is 0.368 e. The van der Waals surface area contributed by atoms with E-state index in [1.165, 1.54) is 17.5 Å². The highest BCUT2D eigenvalue weighted by molar-refractivity contribution is 7.07. The number of morpholine rings is 1. The molecular weight excluding hydrogens is 304 g/mol. The molecule has 0 aliphatic carbocycles. The number of aromatic nitrogens is 2. The number of nitrogens with two attached hydrogens (primary N) is 1. The summed E-state index contributed by atoms with van der Waals surface area (Å²) in [4.78, 5) is 33.3. The van der Waals surface area contributed by atoms with Crippen molar-refractivity contribution in [3.63, 3.8) is 0 Å². The first-order chi connectivity index (χ1) is 10.6. The van der Waals surface area contributed by atoms with Gasteiger partial charge in [0.25, 0.3) is 5.91 Å². The molecule has 22 heavy (non-hydrogen) atoms. The SMILES string of the molecule is NC(=O)c1ccc([C@H]2CN(C(=O)c3cscn3)CCO2)nc1. The second-order valence-corrected chi connectivity index (χ2v) is 5.54. The lowest BCUT2D eigenvalue weighted by molar-refractivity contribution is -0.0249. The second-order valence-electron chi connectivity index (χ2n) is 4.82. The summed E-state index contributed by atoms with van der Waals surface area (Å²) in [6.45, 7) is 1.35. The van der Waals surface area contributed by atoms with E-state index in [1.807, 2.05) is 0 Å². The van der Waals surface area contributed by atoms with Crippen LogP contribution in [0.25, 0.3) is 0 Å². The summed E-state index contributed by atoms with van der Waals surface area (Å²) in [5, 5.41) is 1.73. The summed E-state index contributed by atoms with van der Waals surface area (Å²) in [7, 11) is 0. The van der Waals surface area contributed by atoms with E-state index in [9.17, 15) is 9.59 Å². The van der Waals surface area contributed by atoms with Gasteiger partial charge in [0.2, 0.25) is 5.91 Å². The molecule has 1 aliphatic rings. The lowest BCUT2D eigenvalue weighted by Crippen LogP contribution is -2.42. The van der Waals surface area contributed by atoms with Crippen LogP contribution in [0.15, 0.2) is 29.2 Å². The number of nitrogens with zero attached hydrogens (tertiary/aromatic N) is 3. The smallest absolute Gasteiger partial charge is 0.273 e. The zero-order valence-corrected chi connectivity index (χ0v) is 12.5. The predicted molar refractivity (Wildman–Crippen MR) is 79.5 cm³/mol. The summed E-state index contributed by atoms with van der Waals surface area (Å²) in [6, 6.07) is 3.30. The van der Waals surface area contributed by atoms with Gasteiger partial charge in [0.1, 0.15) is 11.8 Å². The van der Waals surface area contributed by atoms with Crippen molar-refractivity contribution in [3.8, 4) is 0 Å². The van der Waals surface area contributed by atoms with Gasteiger partial charge in [0, 0.05) is 18.1 Å². The van der Waals surface area contributed by atoms with Crippen LogP contribution in [-0.2, 0) is 4.74 Å². The van der Waals surface area contributed by atoms with E-state index in [2.05, 4.69) is 9.97 Å². The minimum atomic E-state index is -0.524. The van der Waals surface area contributed by atoms with Crippen LogP contribution in [-0.4, -0.2) is 46.4 Å². The van der Waals surface area contributed by atoms with Gasteiger partial charge in [-0.15, -0.1) is 11.3 Å². The van der Waals surface area contributed by atoms with Crippen LogP contribution < -0.4 is 5.73 Å². The molecule has 0 spiro atoms. The molecule has 1 fully saturated rings. The third-order valence-corrected chi connectivity index (χ3v) is 3.99. The fourth-order valence-electron chi connectivity index (χ4n) is 2.23. The van der Waals surface area contributed by atoms with Gasteiger partial charge in [-0.25, -0.2) is 4.98 Å². The number of thiazole rings is 1. The molecule has 0 saturated carbocycles. The summed E-state index contributed by atoms with van der Waals surface area (Å²) in [6.07, 6.45) is 1.10. The van der Waals surface area contributed by atoms with E-state index in [-0.39, 0.29) is 12.0 Å². The minimum absolute atomic E-state index is 0.108. The Labute approximate surface area is 130 Å². The Hall–Kier alpha value is -2.32. The summed E-state index contributed by atoms with van der Waals surface area (Å²) >= 11 is 1.39. The van der Waals surface area contributed by atoms with E-state index < -0.39 is 5.91 Å². The number of primary amides is 1. The van der Waals surface area contributed by atoms with E-state index in [0.29, 0.717) is 36.6 Å². The number of ether oxygens (including phenoxy) is 1. The summed E-state index contributed by atoms with van der Waals surface area (Å²) < 4.78 is 5.67. The van der Waals surface area contributed by atoms with Crippen LogP contribution in [0.1, 0.15) is 32.6 Å². The van der Waals surface area contributed by atoms with Gasteiger partial charge in [0.05, 0.1) is 29.9 Å². The maximum atomic E-state index is 12.3. The van der Waals surface area contributed by atoms with Crippen molar-refractivity contribution in [2.24, 2.45) is 5.73 Å². The summed E-state index contributed by atoms with van der Waals surface area (Å²) in [5.74, 6) is -0.632. The first-order valence-electron chi connectivity index (χ1n) is 6.70. The number of pyridine rings is 1. The molecule has 2 aromatic rings. The molecule has 0 bridgehead atoms. The fraction of sp³-hybridized carbons (Fsp3) is 0.286. The van der Waals surface area contributed by atoms with Crippen molar-refractivity contribution < 1.29 is 14.3 Å². The van der Waals surface area contributed by atoms with Gasteiger partial charge >= 0.3 is 0 Å². The maximum Gasteiger partial charge on any atom is 0.273 e. The zero-order valence-electron chi connectivity index (χ0n) is 11.6. The highest BCUT2D eigenvalue weighted by atomic mass is 32.1. The van der Waals surface area contributed by atoms with Gasteiger partial charge in [-0.2, -0.15) is 0 Å². The molecule has 7 nitrogen and oxygen atoms in total. The third kappa shape index (κ3) is 2.97. The van der Waals surface area contributed by atoms with Crippen LogP contribution in [0.2, 0.25) is 0 Å². The molecule has 0 radical (unpaired) electrons. The van der Waals surface area contributed by atoms with Crippen LogP contribution in [0.5, 0.6) is 0 Å². The van der Waals surface area contributed by atoms with E-state index in [4.69, 9.17) is 10.5 Å². The number of hydrogen-bond donors (Lipinski definition) is 1. The summed E-state index contributed by atoms with van der Waals surface area (Å²) in [5.41, 5.74) is 8.28. The number of rotatable bonds is 3. The Bertz CT molecular complexity index is 672. The fourth-order valence-corrected chi connectivity index (χ4v) is 2.76. The van der Waals surface area contributed by atoms with Crippen LogP contribution in [0.4, 0.5) is 0 Å². The predicted octanol–water partition coefficient (Wildman–Crippen LogP) is 0.851. The van der Waals surface area contributed by atoms with Gasteiger partial charge in [0.15, 0.2) is 0 Å². The normalized spacial score (nSPS) is 18.2. The average molecular weight is 318 g/mol. The van der Waals surface area contributed by atoms with Crippen LogP contribution in [0, 0.1) is 0 Å². The van der Waals surface area contributed by atoms with Crippen molar-refractivity contribution in [2.45, 2.75) is 6.10 Å². The molecule has 2 N–H and O–H groups in total. The molecule has 8 heteroatoms. The molecule has 2 amide bonds. The van der Waals surface area contributed by atoms with Gasteiger partial charge in [-0.05, 0) is 12.1 Å². The highest BCUT2D eigenvalue weighted by Gasteiger charge is 2.27. The number of carbonyl (C=O) groups is 2. The number of hydrogen-bond acceptors (Lipinski definition) is 6. The van der Waals surface area contributed by atoms with E-state index >= 15 is 0 Å². The van der Waals surface area contributed by atoms with Gasteiger partial charge in [-0.3, -0.25) is 14.6 Å². The molecule has 0 unspecified atom stereocenters. The molecule has 3 heterocycles. The molecule has 2 aromatic heterocycles. The molecule has 1 saturated heterocycles. The van der Waals surface area contributed by atoms with Crippen molar-refractivity contribution in [3.05, 3.63) is 46.2 Å². The second kappa shape index (κ2) is 6.20. The topological polar surface area (TPSA) is 98.4 Å². The Balaban J connectivity index is 1.72. The Kier molecular flexibility index (Phi) is 4.12. The lowest BCUT2D eigenvalue weighted by Gasteiger charge is -2.32. The highest BCUT2D eigenvalue weighted by Crippen LogP contribution is 2.22. The van der Waals surface area contributed by atoms with Crippen LogP contribution in [0.3, 0.4) is 0 Å². The number of carbonyl (C=O) groups excluding carboxylic acids is 2. The van der Waals surface area contributed by atoms with Crippen molar-refractivity contribution in [1.82, 2.24) is 14.9 Å². The molecular formula is C14H14N4O3S.